The highest BCUT2D eigenvalue weighted by Crippen LogP contribution is 2.32. The second kappa shape index (κ2) is 4.14. The van der Waals surface area contributed by atoms with Gasteiger partial charge in [-0.15, -0.1) is 11.3 Å². The van der Waals surface area contributed by atoms with Crippen LogP contribution in [0, 0.1) is 0 Å². The van der Waals surface area contributed by atoms with Crippen molar-refractivity contribution in [2.45, 2.75) is 0 Å². The molecule has 3 heteroatoms. The Kier molecular flexibility index (Phi) is 2.32. The van der Waals surface area contributed by atoms with Gasteiger partial charge in [0.2, 0.25) is 0 Å². The zero-order valence-corrected chi connectivity index (χ0v) is 10.9. The molecule has 0 saturated heterocycles. The summed E-state index contributed by atoms with van der Waals surface area (Å²) in [6.45, 7) is 0. The third-order valence-corrected chi connectivity index (χ3v) is 4.08. The van der Waals surface area contributed by atoms with Crippen LogP contribution in [0.1, 0.15) is 0 Å². The molecule has 0 atom stereocenters. The van der Waals surface area contributed by atoms with Crippen molar-refractivity contribution in [3.63, 3.8) is 0 Å². The molecule has 0 aliphatic rings. The van der Waals surface area contributed by atoms with E-state index in [1.165, 1.54) is 15.5 Å². The van der Waals surface area contributed by atoms with E-state index in [9.17, 15) is 0 Å². The summed E-state index contributed by atoms with van der Waals surface area (Å²) < 4.78 is 1.20. The molecule has 90 valence electrons. The highest BCUT2D eigenvalue weighted by molar-refractivity contribution is 7.16. The van der Waals surface area contributed by atoms with Crippen LogP contribution < -0.4 is 0 Å². The summed E-state index contributed by atoms with van der Waals surface area (Å²) in [7, 11) is 0. The summed E-state index contributed by atoms with van der Waals surface area (Å²) in [5.74, 6) is 0. The molecule has 0 unspecified atom stereocenters. The fourth-order valence-corrected chi connectivity index (χ4v) is 3.11. The topological polar surface area (TPSA) is 25.8 Å². The van der Waals surface area contributed by atoms with Crippen LogP contribution in [0.25, 0.3) is 32.2 Å². The Balaban J connectivity index is 2.12. The molecule has 2 heterocycles. The normalized spacial score (nSPS) is 11.2. The second-order valence-corrected chi connectivity index (χ2v) is 5.27. The average molecular weight is 262 g/mol. The lowest BCUT2D eigenvalue weighted by Crippen LogP contribution is -1.87. The fourth-order valence-electron chi connectivity index (χ4n) is 2.41. The quantitative estimate of drug-likeness (QED) is 0.504. The lowest BCUT2D eigenvalue weighted by molar-refractivity contribution is 1.36. The van der Waals surface area contributed by atoms with Crippen LogP contribution in [0.4, 0.5) is 0 Å². The van der Waals surface area contributed by atoms with E-state index >= 15 is 0 Å². The number of para-hydroxylation sites is 1. The molecular formula is C16H10N2S. The molecule has 0 spiro atoms. The van der Waals surface area contributed by atoms with Gasteiger partial charge in [0.15, 0.2) is 0 Å². The van der Waals surface area contributed by atoms with Crippen LogP contribution in [0.15, 0.2) is 60.2 Å². The van der Waals surface area contributed by atoms with Crippen LogP contribution in [-0.2, 0) is 0 Å². The van der Waals surface area contributed by atoms with E-state index in [4.69, 9.17) is 0 Å². The minimum absolute atomic E-state index is 1.01. The van der Waals surface area contributed by atoms with E-state index in [1.807, 2.05) is 17.8 Å². The molecule has 0 aliphatic heterocycles. The first-order chi connectivity index (χ1) is 9.43. The highest BCUT2D eigenvalue weighted by atomic mass is 32.1. The van der Waals surface area contributed by atoms with Gasteiger partial charge in [-0.05, 0) is 17.5 Å². The molecule has 4 rings (SSSR count). The summed E-state index contributed by atoms with van der Waals surface area (Å²) in [5, 5.41) is 2.38. The third-order valence-electron chi connectivity index (χ3n) is 3.29. The van der Waals surface area contributed by atoms with Gasteiger partial charge in [-0.2, -0.15) is 0 Å². The molecule has 0 saturated carbocycles. The minimum Gasteiger partial charge on any atom is -0.256 e. The van der Waals surface area contributed by atoms with E-state index in [2.05, 4.69) is 52.4 Å². The van der Waals surface area contributed by atoms with Gasteiger partial charge < -0.3 is 0 Å². The second-order valence-electron chi connectivity index (χ2n) is 4.39. The number of hydrogen-bond acceptors (Lipinski definition) is 3. The summed E-state index contributed by atoms with van der Waals surface area (Å²) in [5.41, 5.74) is 5.04. The van der Waals surface area contributed by atoms with Crippen molar-refractivity contribution in [1.82, 2.24) is 9.97 Å². The molecule has 2 aromatic carbocycles. The monoisotopic (exact) mass is 262 g/mol. The van der Waals surface area contributed by atoms with Crippen molar-refractivity contribution in [1.29, 1.82) is 0 Å². The van der Waals surface area contributed by atoms with Crippen LogP contribution in [0.5, 0.6) is 0 Å². The van der Waals surface area contributed by atoms with Crippen molar-refractivity contribution in [2.24, 2.45) is 0 Å². The number of rotatable bonds is 1. The first kappa shape index (κ1) is 10.6. The Bertz CT molecular complexity index is 875. The summed E-state index contributed by atoms with van der Waals surface area (Å²) >= 11 is 1.66. The van der Waals surface area contributed by atoms with Gasteiger partial charge in [-0.25, -0.2) is 4.98 Å². The molecule has 0 fully saturated rings. The van der Waals surface area contributed by atoms with Gasteiger partial charge in [0.25, 0.3) is 0 Å². The molecule has 0 radical (unpaired) electrons. The lowest BCUT2D eigenvalue weighted by atomic mass is 10.0. The van der Waals surface area contributed by atoms with Crippen molar-refractivity contribution in [3.8, 4) is 11.3 Å². The third kappa shape index (κ3) is 1.63. The number of nitrogens with zero attached hydrogens (tertiary/aromatic N) is 2. The summed E-state index contributed by atoms with van der Waals surface area (Å²) in [6, 6.07) is 16.6. The van der Waals surface area contributed by atoms with E-state index in [0.717, 1.165) is 16.8 Å². The predicted molar refractivity (Wildman–Crippen MR) is 80.4 cm³/mol. The molecule has 0 bridgehead atoms. The Morgan fingerprint density at radius 2 is 1.79 bits per heavy atom. The van der Waals surface area contributed by atoms with Crippen molar-refractivity contribution < 1.29 is 0 Å². The smallest absolute Gasteiger partial charge is 0.0906 e. The van der Waals surface area contributed by atoms with Gasteiger partial charge in [0.05, 0.1) is 21.4 Å². The Hall–Kier alpha value is -2.26. The number of benzene rings is 2. The number of hydrogen-bond donors (Lipinski definition) is 0. The van der Waals surface area contributed by atoms with Gasteiger partial charge in [0, 0.05) is 17.1 Å². The van der Waals surface area contributed by atoms with Crippen LogP contribution in [0.3, 0.4) is 0 Å². The fraction of sp³-hybridized carbons (Fsp3) is 0. The zero-order chi connectivity index (χ0) is 12.7. The van der Waals surface area contributed by atoms with Crippen LogP contribution in [0.2, 0.25) is 0 Å². The van der Waals surface area contributed by atoms with Gasteiger partial charge in [-0.3, -0.25) is 4.98 Å². The Morgan fingerprint density at radius 1 is 0.842 bits per heavy atom. The van der Waals surface area contributed by atoms with Gasteiger partial charge in [0.1, 0.15) is 0 Å². The van der Waals surface area contributed by atoms with Crippen LogP contribution >= 0.6 is 11.3 Å². The van der Waals surface area contributed by atoms with E-state index < -0.39 is 0 Å². The maximum atomic E-state index is 4.57. The van der Waals surface area contributed by atoms with E-state index in [-0.39, 0.29) is 0 Å². The van der Waals surface area contributed by atoms with E-state index in [0.29, 0.717) is 0 Å². The van der Waals surface area contributed by atoms with E-state index in [1.54, 1.807) is 11.3 Å². The average Bonchev–Trinajstić information content (AvgIpc) is 2.95. The molecule has 0 aliphatic carbocycles. The molecule has 4 aromatic rings. The zero-order valence-electron chi connectivity index (χ0n) is 10.1. The summed E-state index contributed by atoms with van der Waals surface area (Å²) in [6.07, 6.45) is 1.86. The number of thiazole rings is 1. The molecule has 19 heavy (non-hydrogen) atoms. The first-order valence-corrected chi connectivity index (χ1v) is 6.98. The number of pyridine rings is 1. The molecule has 0 amide bonds. The highest BCUT2D eigenvalue weighted by Gasteiger charge is 2.10. The maximum absolute atomic E-state index is 4.57. The molecular weight excluding hydrogens is 252 g/mol. The lowest BCUT2D eigenvalue weighted by Gasteiger charge is -2.06. The first-order valence-electron chi connectivity index (χ1n) is 6.10. The number of fused-ring (bicyclic) bond motifs is 2. The minimum atomic E-state index is 1.01. The summed E-state index contributed by atoms with van der Waals surface area (Å²) in [4.78, 5) is 9.05. The predicted octanol–water partition coefficient (Wildman–Crippen LogP) is 4.51. The Labute approximate surface area is 114 Å². The SMILES string of the molecule is c1ccc2c(-c3cccc4scnc34)nccc2c1. The van der Waals surface area contributed by atoms with Crippen molar-refractivity contribution in [3.05, 3.63) is 60.2 Å². The molecule has 2 aromatic heterocycles. The van der Waals surface area contributed by atoms with Crippen molar-refractivity contribution >= 4 is 32.3 Å². The number of aromatic nitrogens is 2. The molecule has 2 nitrogen and oxygen atoms in total. The standard InChI is InChI=1S/C16H10N2S/c1-2-5-12-11(4-1)8-9-17-15(12)13-6-3-7-14-16(13)18-10-19-14/h1-10H. The van der Waals surface area contributed by atoms with Gasteiger partial charge in [-0.1, -0.05) is 36.4 Å². The van der Waals surface area contributed by atoms with Gasteiger partial charge >= 0.3 is 0 Å². The maximum Gasteiger partial charge on any atom is 0.0906 e. The van der Waals surface area contributed by atoms with Crippen LogP contribution in [-0.4, -0.2) is 9.97 Å². The van der Waals surface area contributed by atoms with Crippen molar-refractivity contribution in [2.75, 3.05) is 0 Å². The Morgan fingerprint density at radius 3 is 2.79 bits per heavy atom. The largest absolute Gasteiger partial charge is 0.256 e. The molecule has 0 N–H and O–H groups in total.